The topological polar surface area (TPSA) is 26.0 Å². The molecule has 0 aliphatic heterocycles. The summed E-state index contributed by atoms with van der Waals surface area (Å²) in [5.74, 6) is 0. The van der Waals surface area contributed by atoms with Crippen molar-refractivity contribution >= 4 is 0 Å². The molecule has 0 radical (unpaired) electrons. The average molecular weight is 139 g/mol. The summed E-state index contributed by atoms with van der Waals surface area (Å²) in [7, 11) is 0. The lowest BCUT2D eigenvalue weighted by molar-refractivity contribution is 0.877. The van der Waals surface area contributed by atoms with Crippen molar-refractivity contribution in [3.63, 3.8) is 0 Å². The minimum atomic E-state index is 0.825. The normalized spacial score (nSPS) is 12.6. The van der Waals surface area contributed by atoms with Crippen LogP contribution in [0.2, 0.25) is 0 Å². The molecule has 0 heterocycles. The Morgan fingerprint density at radius 3 is 2.60 bits per heavy atom. The summed E-state index contributed by atoms with van der Waals surface area (Å²) in [4.78, 5) is 0. The highest BCUT2D eigenvalue weighted by Crippen LogP contribution is 2.08. The third-order valence-electron chi connectivity index (χ3n) is 1.54. The fourth-order valence-electron chi connectivity index (χ4n) is 0.865. The van der Waals surface area contributed by atoms with Gasteiger partial charge in [0.15, 0.2) is 0 Å². The van der Waals surface area contributed by atoms with Crippen molar-refractivity contribution in [2.75, 3.05) is 0 Å². The van der Waals surface area contributed by atoms with Crippen LogP contribution in [0.5, 0.6) is 0 Å². The molecule has 0 unspecified atom stereocenters. The summed E-state index contributed by atoms with van der Waals surface area (Å²) >= 11 is 0. The number of nitrogens with two attached hydrogens (primary N) is 1. The molecule has 10 heavy (non-hydrogen) atoms. The molecule has 0 aromatic heterocycles. The molecule has 1 heteroatoms. The molecule has 0 spiro atoms. The maximum atomic E-state index is 5.72. The van der Waals surface area contributed by atoms with E-state index in [2.05, 4.69) is 20.4 Å². The quantitative estimate of drug-likeness (QED) is 0.595. The first-order chi connectivity index (χ1) is 4.72. The van der Waals surface area contributed by atoms with Crippen LogP contribution in [0.15, 0.2) is 23.9 Å². The molecule has 58 valence electrons. The van der Waals surface area contributed by atoms with Crippen molar-refractivity contribution in [3.8, 4) is 0 Å². The lowest BCUT2D eigenvalue weighted by Gasteiger charge is -2.02. The van der Waals surface area contributed by atoms with Gasteiger partial charge in [-0.3, -0.25) is 0 Å². The van der Waals surface area contributed by atoms with Gasteiger partial charge in [0.1, 0.15) is 0 Å². The van der Waals surface area contributed by atoms with E-state index in [-0.39, 0.29) is 0 Å². The van der Waals surface area contributed by atoms with Crippen LogP contribution in [0.1, 0.15) is 33.1 Å². The molecular weight excluding hydrogens is 122 g/mol. The summed E-state index contributed by atoms with van der Waals surface area (Å²) in [6.45, 7) is 7.87. The van der Waals surface area contributed by atoms with Gasteiger partial charge in [-0.2, -0.15) is 0 Å². The predicted octanol–water partition coefficient (Wildman–Crippen LogP) is 2.60. The second-order valence-electron chi connectivity index (χ2n) is 2.55. The van der Waals surface area contributed by atoms with E-state index < -0.39 is 0 Å². The Kier molecular flexibility index (Phi) is 4.73. The zero-order valence-corrected chi connectivity index (χ0v) is 6.98. The van der Waals surface area contributed by atoms with E-state index in [0.717, 1.165) is 18.5 Å². The Morgan fingerprint density at radius 2 is 2.20 bits per heavy atom. The van der Waals surface area contributed by atoms with Crippen LogP contribution in [0.25, 0.3) is 0 Å². The predicted molar refractivity (Wildman–Crippen MR) is 46.6 cm³/mol. The van der Waals surface area contributed by atoms with E-state index >= 15 is 0 Å². The second kappa shape index (κ2) is 5.10. The Balaban J connectivity index is 3.90. The summed E-state index contributed by atoms with van der Waals surface area (Å²) in [5.41, 5.74) is 8.01. The molecule has 0 fully saturated rings. The van der Waals surface area contributed by atoms with Gasteiger partial charge in [-0.05, 0) is 13.3 Å². The fourth-order valence-corrected chi connectivity index (χ4v) is 0.865. The van der Waals surface area contributed by atoms with Crippen molar-refractivity contribution in [1.29, 1.82) is 0 Å². The lowest BCUT2D eigenvalue weighted by atomic mass is 10.1. The molecule has 0 saturated carbocycles. The second-order valence-corrected chi connectivity index (χ2v) is 2.55. The summed E-state index contributed by atoms with van der Waals surface area (Å²) in [5, 5.41) is 0. The van der Waals surface area contributed by atoms with E-state index in [1.807, 2.05) is 6.08 Å². The molecule has 0 aromatic rings. The van der Waals surface area contributed by atoms with Gasteiger partial charge in [0.2, 0.25) is 0 Å². The van der Waals surface area contributed by atoms with Crippen LogP contribution in [0.4, 0.5) is 0 Å². The van der Waals surface area contributed by atoms with Crippen LogP contribution in [0, 0.1) is 0 Å². The smallest absolute Gasteiger partial charge is 0.0108 e. The SMILES string of the molecule is C=CCC(N)=C(C)CCC. The Morgan fingerprint density at radius 1 is 1.60 bits per heavy atom. The third-order valence-corrected chi connectivity index (χ3v) is 1.54. The van der Waals surface area contributed by atoms with Crippen molar-refractivity contribution in [2.45, 2.75) is 33.1 Å². The average Bonchev–Trinajstić information content (AvgIpc) is 1.89. The zero-order chi connectivity index (χ0) is 7.98. The highest BCUT2D eigenvalue weighted by Gasteiger charge is 1.93. The molecule has 0 aliphatic rings. The minimum absolute atomic E-state index is 0.825. The lowest BCUT2D eigenvalue weighted by Crippen LogP contribution is -1.99. The molecule has 0 aliphatic carbocycles. The van der Waals surface area contributed by atoms with Crippen molar-refractivity contribution in [1.82, 2.24) is 0 Å². The van der Waals surface area contributed by atoms with Gasteiger partial charge in [-0.25, -0.2) is 0 Å². The maximum Gasteiger partial charge on any atom is 0.0108 e. The molecule has 1 nitrogen and oxygen atoms in total. The first kappa shape index (κ1) is 9.28. The van der Waals surface area contributed by atoms with E-state index in [1.54, 1.807) is 0 Å². The van der Waals surface area contributed by atoms with E-state index in [0.29, 0.717) is 0 Å². The van der Waals surface area contributed by atoms with Gasteiger partial charge in [-0.15, -0.1) is 6.58 Å². The minimum Gasteiger partial charge on any atom is -0.402 e. The highest BCUT2D eigenvalue weighted by molar-refractivity contribution is 5.10. The van der Waals surface area contributed by atoms with Gasteiger partial charge >= 0.3 is 0 Å². The standard InChI is InChI=1S/C9H17N/c1-4-6-8(3)9(10)7-5-2/h5H,2,4,6-7,10H2,1,3H3. The van der Waals surface area contributed by atoms with E-state index in [9.17, 15) is 0 Å². The Hall–Kier alpha value is -0.720. The van der Waals surface area contributed by atoms with Crippen LogP contribution in [-0.2, 0) is 0 Å². The molecule has 0 bridgehead atoms. The number of hydrogen-bond donors (Lipinski definition) is 1. The van der Waals surface area contributed by atoms with Gasteiger partial charge in [0, 0.05) is 12.1 Å². The van der Waals surface area contributed by atoms with Gasteiger partial charge in [-0.1, -0.05) is 25.0 Å². The van der Waals surface area contributed by atoms with Crippen molar-refractivity contribution < 1.29 is 0 Å². The van der Waals surface area contributed by atoms with Crippen molar-refractivity contribution in [3.05, 3.63) is 23.9 Å². The molecular formula is C9H17N. The highest BCUT2D eigenvalue weighted by atomic mass is 14.6. The first-order valence-electron chi connectivity index (χ1n) is 3.77. The molecule has 2 N–H and O–H groups in total. The van der Waals surface area contributed by atoms with Gasteiger partial charge in [0.25, 0.3) is 0 Å². The maximum absolute atomic E-state index is 5.72. The third kappa shape index (κ3) is 3.33. The molecule has 0 amide bonds. The Bertz CT molecular complexity index is 134. The first-order valence-corrected chi connectivity index (χ1v) is 3.77. The van der Waals surface area contributed by atoms with E-state index in [1.165, 1.54) is 12.0 Å². The van der Waals surface area contributed by atoms with Crippen LogP contribution in [0.3, 0.4) is 0 Å². The summed E-state index contributed by atoms with van der Waals surface area (Å²) in [6.07, 6.45) is 4.95. The zero-order valence-electron chi connectivity index (χ0n) is 6.98. The molecule has 0 rings (SSSR count). The summed E-state index contributed by atoms with van der Waals surface area (Å²) in [6, 6.07) is 0. The summed E-state index contributed by atoms with van der Waals surface area (Å²) < 4.78 is 0. The number of hydrogen-bond acceptors (Lipinski definition) is 1. The monoisotopic (exact) mass is 139 g/mol. The van der Waals surface area contributed by atoms with Crippen LogP contribution < -0.4 is 5.73 Å². The van der Waals surface area contributed by atoms with Crippen LogP contribution >= 0.6 is 0 Å². The Labute approximate surface area is 63.6 Å². The molecule has 0 saturated heterocycles. The largest absolute Gasteiger partial charge is 0.402 e. The van der Waals surface area contributed by atoms with Crippen LogP contribution in [-0.4, -0.2) is 0 Å². The van der Waals surface area contributed by atoms with Crippen molar-refractivity contribution in [2.24, 2.45) is 5.73 Å². The molecule has 0 atom stereocenters. The molecule has 0 aromatic carbocycles. The van der Waals surface area contributed by atoms with Gasteiger partial charge < -0.3 is 5.73 Å². The number of rotatable bonds is 4. The van der Waals surface area contributed by atoms with Gasteiger partial charge in [0.05, 0.1) is 0 Å². The number of allylic oxidation sites excluding steroid dienone is 2. The van der Waals surface area contributed by atoms with E-state index in [4.69, 9.17) is 5.73 Å². The fraction of sp³-hybridized carbons (Fsp3) is 0.556.